The van der Waals surface area contributed by atoms with Crippen molar-refractivity contribution in [3.8, 4) is 12.0 Å². The minimum absolute atomic E-state index is 0.216. The molecule has 0 atom stereocenters. The van der Waals surface area contributed by atoms with Crippen LogP contribution < -0.4 is 0 Å². The maximum absolute atomic E-state index is 11.5. The van der Waals surface area contributed by atoms with Crippen molar-refractivity contribution in [3.05, 3.63) is 0 Å². The van der Waals surface area contributed by atoms with Crippen molar-refractivity contribution in [2.45, 2.75) is 18.9 Å². The zero-order valence-electron chi connectivity index (χ0n) is 5.97. The quantitative estimate of drug-likeness (QED) is 0.365. The van der Waals surface area contributed by atoms with Crippen LogP contribution in [0.3, 0.4) is 0 Å². The minimum Gasteiger partial charge on any atom is -0.321 e. The summed E-state index contributed by atoms with van der Waals surface area (Å²) in [5.41, 5.74) is -5.41. The number of hydrogen-bond acceptors (Lipinski definition) is 3. The standard InChI is InChI=1S/C5H5F3O3S/c1-2-3-4-11-12(9,10)5(6,7)8/h2H2,1H3. The van der Waals surface area contributed by atoms with Crippen LogP contribution in [0.4, 0.5) is 13.2 Å². The Hall–Kier alpha value is -0.900. The van der Waals surface area contributed by atoms with E-state index in [1.807, 2.05) is 5.92 Å². The molecule has 0 heterocycles. The second kappa shape index (κ2) is 3.67. The Kier molecular flexibility index (Phi) is 3.39. The van der Waals surface area contributed by atoms with Crippen LogP contribution in [0.2, 0.25) is 0 Å². The fourth-order valence-electron chi connectivity index (χ4n) is 0.204. The van der Waals surface area contributed by atoms with E-state index in [-0.39, 0.29) is 6.42 Å². The van der Waals surface area contributed by atoms with Gasteiger partial charge in [-0.2, -0.15) is 21.6 Å². The number of halogens is 3. The normalized spacial score (nSPS) is 11.7. The Labute approximate surface area is 67.6 Å². The van der Waals surface area contributed by atoms with Crippen molar-refractivity contribution in [2.75, 3.05) is 0 Å². The highest BCUT2D eigenvalue weighted by Gasteiger charge is 2.48. The second-order valence-corrected chi connectivity index (χ2v) is 3.15. The average Bonchev–Trinajstić information content (AvgIpc) is 1.85. The van der Waals surface area contributed by atoms with Crippen molar-refractivity contribution in [3.63, 3.8) is 0 Å². The van der Waals surface area contributed by atoms with Gasteiger partial charge in [0.25, 0.3) is 0 Å². The van der Waals surface area contributed by atoms with Crippen LogP contribution in [0.1, 0.15) is 13.3 Å². The van der Waals surface area contributed by atoms with Crippen molar-refractivity contribution >= 4 is 10.1 Å². The minimum atomic E-state index is -5.54. The molecule has 0 spiro atoms. The Morgan fingerprint density at radius 2 is 1.92 bits per heavy atom. The summed E-state index contributed by atoms with van der Waals surface area (Å²) < 4.78 is 57.9. The molecule has 3 nitrogen and oxygen atoms in total. The summed E-state index contributed by atoms with van der Waals surface area (Å²) in [4.78, 5) is 0. The van der Waals surface area contributed by atoms with Crippen LogP contribution in [-0.4, -0.2) is 13.9 Å². The molecule has 0 aliphatic heterocycles. The third kappa shape index (κ3) is 3.00. The lowest BCUT2D eigenvalue weighted by molar-refractivity contribution is -0.0509. The zero-order valence-corrected chi connectivity index (χ0v) is 6.79. The SMILES string of the molecule is CCC#COS(=O)(=O)C(F)(F)F. The monoisotopic (exact) mass is 202 g/mol. The van der Waals surface area contributed by atoms with Crippen LogP contribution in [0.5, 0.6) is 0 Å². The topological polar surface area (TPSA) is 43.4 Å². The van der Waals surface area contributed by atoms with Gasteiger partial charge in [0.15, 0.2) is 0 Å². The molecule has 70 valence electrons. The Morgan fingerprint density at radius 3 is 2.25 bits per heavy atom. The van der Waals surface area contributed by atoms with Crippen LogP contribution in [0, 0.1) is 12.0 Å². The summed E-state index contributed by atoms with van der Waals surface area (Å²) in [5, 5.41) is 0. The Bertz CT molecular complexity index is 292. The van der Waals surface area contributed by atoms with E-state index in [1.165, 1.54) is 13.0 Å². The first-order valence-electron chi connectivity index (χ1n) is 2.79. The molecule has 0 amide bonds. The van der Waals surface area contributed by atoms with Crippen molar-refractivity contribution < 1.29 is 25.8 Å². The summed E-state index contributed by atoms with van der Waals surface area (Å²) >= 11 is 0. The molecule has 0 radical (unpaired) electrons. The molecule has 0 saturated carbocycles. The lowest BCUT2D eigenvalue weighted by Gasteiger charge is -2.02. The summed E-state index contributed by atoms with van der Waals surface area (Å²) in [6.45, 7) is 1.54. The van der Waals surface area contributed by atoms with E-state index in [9.17, 15) is 21.6 Å². The van der Waals surface area contributed by atoms with Gasteiger partial charge in [-0.15, -0.1) is 0 Å². The van der Waals surface area contributed by atoms with Gasteiger partial charge in [-0.25, -0.2) is 0 Å². The smallest absolute Gasteiger partial charge is 0.321 e. The van der Waals surface area contributed by atoms with Gasteiger partial charge in [0.1, 0.15) is 6.11 Å². The maximum Gasteiger partial charge on any atom is 0.535 e. The molecule has 0 aromatic heterocycles. The van der Waals surface area contributed by atoms with E-state index in [1.54, 1.807) is 0 Å². The van der Waals surface area contributed by atoms with E-state index in [0.29, 0.717) is 0 Å². The molecule has 7 heteroatoms. The third-order valence-corrected chi connectivity index (χ3v) is 1.55. The van der Waals surface area contributed by atoms with Gasteiger partial charge >= 0.3 is 15.6 Å². The molecule has 0 rings (SSSR count). The van der Waals surface area contributed by atoms with Gasteiger partial charge in [-0.1, -0.05) is 12.8 Å². The largest absolute Gasteiger partial charge is 0.535 e. The fourth-order valence-corrected chi connectivity index (χ4v) is 0.467. The highest BCUT2D eigenvalue weighted by atomic mass is 32.2. The van der Waals surface area contributed by atoms with Gasteiger partial charge in [0.05, 0.1) is 0 Å². The van der Waals surface area contributed by atoms with Crippen LogP contribution in [-0.2, 0) is 14.3 Å². The highest BCUT2D eigenvalue weighted by Crippen LogP contribution is 2.23. The molecule has 0 aliphatic rings. The Balaban J connectivity index is 4.47. The van der Waals surface area contributed by atoms with Crippen molar-refractivity contribution in [1.29, 1.82) is 0 Å². The zero-order chi connectivity index (χ0) is 9.83. The second-order valence-electron chi connectivity index (χ2n) is 1.62. The average molecular weight is 202 g/mol. The number of hydrogen-bond donors (Lipinski definition) is 0. The molecule has 12 heavy (non-hydrogen) atoms. The molecule has 0 bridgehead atoms. The van der Waals surface area contributed by atoms with Gasteiger partial charge < -0.3 is 4.18 Å². The van der Waals surface area contributed by atoms with Crippen LogP contribution >= 0.6 is 0 Å². The van der Waals surface area contributed by atoms with E-state index in [2.05, 4.69) is 4.18 Å². The molecule has 0 unspecified atom stereocenters. The molecule has 0 fully saturated rings. The van der Waals surface area contributed by atoms with Gasteiger partial charge in [0.2, 0.25) is 0 Å². The van der Waals surface area contributed by atoms with Crippen molar-refractivity contribution in [1.82, 2.24) is 0 Å². The summed E-state index contributed by atoms with van der Waals surface area (Å²) in [7, 11) is -5.54. The van der Waals surface area contributed by atoms with E-state index in [0.717, 1.165) is 0 Å². The van der Waals surface area contributed by atoms with Crippen LogP contribution in [0.25, 0.3) is 0 Å². The first-order chi connectivity index (χ1) is 5.31. The summed E-state index contributed by atoms with van der Waals surface area (Å²) in [6, 6.07) is 0. The lowest BCUT2D eigenvalue weighted by atomic mass is 10.5. The van der Waals surface area contributed by atoms with Gasteiger partial charge in [0, 0.05) is 6.42 Å². The third-order valence-electron chi connectivity index (χ3n) is 0.684. The molecule has 0 aromatic carbocycles. The molecule has 0 aliphatic carbocycles. The molecule has 0 N–H and O–H groups in total. The summed E-state index contributed by atoms with van der Waals surface area (Å²) in [6.07, 6.45) is 1.64. The first-order valence-corrected chi connectivity index (χ1v) is 4.19. The van der Waals surface area contributed by atoms with E-state index < -0.39 is 15.6 Å². The Morgan fingerprint density at radius 1 is 1.42 bits per heavy atom. The molecular weight excluding hydrogens is 197 g/mol. The predicted octanol–water partition coefficient (Wildman–Crippen LogP) is 1.22. The molecule has 0 saturated heterocycles. The van der Waals surface area contributed by atoms with E-state index in [4.69, 9.17) is 0 Å². The lowest BCUT2D eigenvalue weighted by Crippen LogP contribution is -2.23. The highest BCUT2D eigenvalue weighted by molar-refractivity contribution is 7.87. The predicted molar refractivity (Wildman–Crippen MR) is 34.1 cm³/mol. The first kappa shape index (κ1) is 11.1. The summed E-state index contributed by atoms with van der Waals surface area (Å²) in [5.74, 6) is 2.03. The van der Waals surface area contributed by atoms with E-state index >= 15 is 0 Å². The number of alkyl halides is 3. The van der Waals surface area contributed by atoms with Gasteiger partial charge in [-0.3, -0.25) is 0 Å². The van der Waals surface area contributed by atoms with Crippen LogP contribution in [0.15, 0.2) is 0 Å². The fraction of sp³-hybridized carbons (Fsp3) is 0.600. The molecular formula is C5H5F3O3S. The van der Waals surface area contributed by atoms with Gasteiger partial charge in [-0.05, 0) is 0 Å². The van der Waals surface area contributed by atoms with Crippen molar-refractivity contribution in [2.24, 2.45) is 0 Å². The molecule has 0 aromatic rings. The number of rotatable bonds is 1. The maximum atomic E-state index is 11.5.